The van der Waals surface area contributed by atoms with Crippen molar-refractivity contribution in [2.75, 3.05) is 20.8 Å². The fourth-order valence-corrected chi connectivity index (χ4v) is 3.64. The van der Waals surface area contributed by atoms with E-state index in [1.807, 2.05) is 41.8 Å². The number of fused-ring (bicyclic) bond motifs is 2. The Morgan fingerprint density at radius 2 is 1.96 bits per heavy atom. The number of thioether (sulfide) groups is 1. The molecule has 3 aromatic rings. The standard InChI is InChI=1S/C19H18N2O3S/c1-22-17-9-12-7-8-20-15(13(12)10-18(17)23-2)11-25-19-21-14-5-3-4-6-16(14)24-19/h3-6,9-11,20H,7-8H2,1-2H3/b15-11+. The van der Waals surface area contributed by atoms with Gasteiger partial charge in [-0.1, -0.05) is 12.1 Å². The van der Waals surface area contributed by atoms with Crippen LogP contribution >= 0.6 is 11.8 Å². The maximum atomic E-state index is 5.76. The summed E-state index contributed by atoms with van der Waals surface area (Å²) in [5.74, 6) is 1.48. The zero-order valence-electron chi connectivity index (χ0n) is 14.0. The SMILES string of the molecule is COc1cc2c(cc1OC)/C(=C\Sc1nc3ccccc3o1)NCC2. The van der Waals surface area contributed by atoms with E-state index in [-0.39, 0.29) is 0 Å². The first-order valence-electron chi connectivity index (χ1n) is 8.00. The summed E-state index contributed by atoms with van der Waals surface area (Å²) in [5.41, 5.74) is 5.06. The van der Waals surface area contributed by atoms with Crippen LogP contribution in [-0.2, 0) is 6.42 Å². The third-order valence-corrected chi connectivity index (χ3v) is 4.89. The minimum atomic E-state index is 0.628. The minimum absolute atomic E-state index is 0.628. The van der Waals surface area contributed by atoms with Crippen LogP contribution in [0.4, 0.5) is 0 Å². The zero-order chi connectivity index (χ0) is 17.2. The van der Waals surface area contributed by atoms with E-state index in [9.17, 15) is 0 Å². The molecule has 1 N–H and O–H groups in total. The molecule has 0 bridgehead atoms. The van der Waals surface area contributed by atoms with E-state index in [4.69, 9.17) is 13.9 Å². The second-order valence-corrected chi connectivity index (χ2v) is 6.46. The van der Waals surface area contributed by atoms with Crippen LogP contribution in [0.25, 0.3) is 16.8 Å². The maximum Gasteiger partial charge on any atom is 0.261 e. The molecule has 25 heavy (non-hydrogen) atoms. The Kier molecular flexibility index (Phi) is 4.28. The molecule has 128 valence electrons. The molecule has 0 amide bonds. The summed E-state index contributed by atoms with van der Waals surface area (Å²) in [7, 11) is 3.31. The Morgan fingerprint density at radius 1 is 1.16 bits per heavy atom. The molecule has 0 aliphatic carbocycles. The molecule has 0 spiro atoms. The van der Waals surface area contributed by atoms with Gasteiger partial charge in [0.1, 0.15) is 5.52 Å². The predicted molar refractivity (Wildman–Crippen MR) is 99.1 cm³/mol. The van der Waals surface area contributed by atoms with Crippen LogP contribution in [-0.4, -0.2) is 25.7 Å². The fraction of sp³-hybridized carbons (Fsp3) is 0.211. The molecule has 0 saturated carbocycles. The zero-order valence-corrected chi connectivity index (χ0v) is 14.9. The fourth-order valence-electron chi connectivity index (χ4n) is 2.92. The van der Waals surface area contributed by atoms with Crippen molar-refractivity contribution in [2.45, 2.75) is 11.6 Å². The first-order valence-corrected chi connectivity index (χ1v) is 8.88. The average Bonchev–Trinajstić information content (AvgIpc) is 3.08. The lowest BCUT2D eigenvalue weighted by Gasteiger charge is -2.22. The van der Waals surface area contributed by atoms with Gasteiger partial charge in [0.05, 0.1) is 14.2 Å². The van der Waals surface area contributed by atoms with Gasteiger partial charge < -0.3 is 19.2 Å². The molecule has 0 fully saturated rings. The Hall–Kier alpha value is -2.60. The Balaban J connectivity index is 1.66. The van der Waals surface area contributed by atoms with Crippen LogP contribution in [0.2, 0.25) is 0 Å². The van der Waals surface area contributed by atoms with Crippen LogP contribution in [0.3, 0.4) is 0 Å². The molecule has 0 radical (unpaired) electrons. The number of oxazole rings is 1. The highest BCUT2D eigenvalue weighted by Crippen LogP contribution is 2.36. The normalized spacial score (nSPS) is 15.0. The molecule has 1 aromatic heterocycles. The highest BCUT2D eigenvalue weighted by atomic mass is 32.2. The number of benzene rings is 2. The van der Waals surface area contributed by atoms with Crippen LogP contribution < -0.4 is 14.8 Å². The summed E-state index contributed by atoms with van der Waals surface area (Å²) in [6.07, 6.45) is 0.945. The van der Waals surface area contributed by atoms with Gasteiger partial charge in [-0.25, -0.2) is 4.98 Å². The van der Waals surface area contributed by atoms with Crippen molar-refractivity contribution in [3.05, 3.63) is 52.9 Å². The minimum Gasteiger partial charge on any atom is -0.493 e. The number of nitrogens with zero attached hydrogens (tertiary/aromatic N) is 1. The summed E-state index contributed by atoms with van der Waals surface area (Å²) in [4.78, 5) is 4.49. The Morgan fingerprint density at radius 3 is 2.76 bits per heavy atom. The monoisotopic (exact) mass is 354 g/mol. The molecular weight excluding hydrogens is 336 g/mol. The molecule has 0 saturated heterocycles. The lowest BCUT2D eigenvalue weighted by Crippen LogP contribution is -2.22. The lowest BCUT2D eigenvalue weighted by molar-refractivity contribution is 0.354. The molecule has 1 aliphatic heterocycles. The summed E-state index contributed by atoms with van der Waals surface area (Å²) < 4.78 is 16.6. The second-order valence-electron chi connectivity index (χ2n) is 5.64. The molecule has 5 nitrogen and oxygen atoms in total. The van der Waals surface area contributed by atoms with Gasteiger partial charge >= 0.3 is 0 Å². The van der Waals surface area contributed by atoms with Crippen LogP contribution in [0.15, 0.2) is 51.4 Å². The first-order chi connectivity index (χ1) is 12.3. The van der Waals surface area contributed by atoms with Gasteiger partial charge in [-0.3, -0.25) is 0 Å². The molecule has 6 heteroatoms. The molecule has 4 rings (SSSR count). The van der Waals surface area contributed by atoms with Gasteiger partial charge in [0, 0.05) is 23.2 Å². The highest BCUT2D eigenvalue weighted by Gasteiger charge is 2.18. The number of hydrogen-bond acceptors (Lipinski definition) is 6. The predicted octanol–water partition coefficient (Wildman–Crippen LogP) is 4.08. The number of rotatable bonds is 4. The summed E-state index contributed by atoms with van der Waals surface area (Å²) >= 11 is 1.47. The number of nitrogens with one attached hydrogen (secondary N) is 1. The number of para-hydroxylation sites is 2. The summed E-state index contributed by atoms with van der Waals surface area (Å²) in [6, 6.07) is 11.8. The third kappa shape index (κ3) is 3.05. The molecular formula is C19H18N2O3S. The van der Waals surface area contributed by atoms with Crippen molar-refractivity contribution < 1.29 is 13.9 Å². The van der Waals surface area contributed by atoms with Crippen molar-refractivity contribution in [1.82, 2.24) is 10.3 Å². The molecule has 0 unspecified atom stereocenters. The number of ether oxygens (including phenoxy) is 2. The number of hydrogen-bond donors (Lipinski definition) is 1. The van der Waals surface area contributed by atoms with Crippen LogP contribution in [0, 0.1) is 0 Å². The van der Waals surface area contributed by atoms with Gasteiger partial charge in [0.2, 0.25) is 0 Å². The van der Waals surface area contributed by atoms with E-state index in [0.29, 0.717) is 5.22 Å². The van der Waals surface area contributed by atoms with Crippen LogP contribution in [0.5, 0.6) is 11.5 Å². The molecule has 2 aromatic carbocycles. The van der Waals surface area contributed by atoms with Gasteiger partial charge in [-0.05, 0) is 48.0 Å². The summed E-state index contributed by atoms with van der Waals surface area (Å²) in [6.45, 7) is 0.877. The number of aromatic nitrogens is 1. The highest BCUT2D eigenvalue weighted by molar-refractivity contribution is 8.02. The maximum absolute atomic E-state index is 5.76. The molecule has 1 aliphatic rings. The van der Waals surface area contributed by atoms with E-state index in [0.717, 1.165) is 46.8 Å². The second kappa shape index (κ2) is 6.72. The quantitative estimate of drug-likeness (QED) is 0.713. The number of methoxy groups -OCH3 is 2. The largest absolute Gasteiger partial charge is 0.493 e. The van der Waals surface area contributed by atoms with Crippen molar-refractivity contribution in [2.24, 2.45) is 0 Å². The smallest absolute Gasteiger partial charge is 0.261 e. The van der Waals surface area contributed by atoms with E-state index in [2.05, 4.69) is 10.3 Å². The molecule has 2 heterocycles. The van der Waals surface area contributed by atoms with Crippen LogP contribution in [0.1, 0.15) is 11.1 Å². The van der Waals surface area contributed by atoms with E-state index in [1.165, 1.54) is 17.3 Å². The van der Waals surface area contributed by atoms with Gasteiger partial charge in [-0.2, -0.15) is 0 Å². The first kappa shape index (κ1) is 15.9. The third-order valence-electron chi connectivity index (χ3n) is 4.16. The van der Waals surface area contributed by atoms with Gasteiger partial charge in [0.25, 0.3) is 5.22 Å². The topological polar surface area (TPSA) is 56.5 Å². The van der Waals surface area contributed by atoms with Crippen molar-refractivity contribution >= 4 is 28.6 Å². The van der Waals surface area contributed by atoms with E-state index in [1.54, 1.807) is 14.2 Å². The van der Waals surface area contributed by atoms with E-state index >= 15 is 0 Å². The Labute approximate surface area is 150 Å². The summed E-state index contributed by atoms with van der Waals surface area (Å²) in [5, 5.41) is 6.11. The average molecular weight is 354 g/mol. The van der Waals surface area contributed by atoms with Gasteiger partial charge in [0.15, 0.2) is 17.1 Å². The molecule has 0 atom stereocenters. The van der Waals surface area contributed by atoms with Crippen molar-refractivity contribution in [3.8, 4) is 11.5 Å². The lowest BCUT2D eigenvalue weighted by atomic mass is 9.98. The Bertz CT molecular complexity index is 916. The van der Waals surface area contributed by atoms with E-state index < -0.39 is 0 Å². The van der Waals surface area contributed by atoms with Gasteiger partial charge in [-0.15, -0.1) is 0 Å². The van der Waals surface area contributed by atoms with Crippen molar-refractivity contribution in [3.63, 3.8) is 0 Å². The van der Waals surface area contributed by atoms with Crippen molar-refractivity contribution in [1.29, 1.82) is 0 Å².